The summed E-state index contributed by atoms with van der Waals surface area (Å²) in [7, 11) is 0. The minimum atomic E-state index is -0.280. The van der Waals surface area contributed by atoms with Gasteiger partial charge >= 0.3 is 0 Å². The summed E-state index contributed by atoms with van der Waals surface area (Å²) in [6.45, 7) is 6.27. The average Bonchev–Trinajstić information content (AvgIpc) is 2.36. The number of amides is 1. The van der Waals surface area contributed by atoms with E-state index in [4.69, 9.17) is 10.5 Å². The van der Waals surface area contributed by atoms with Crippen LogP contribution >= 0.6 is 12.4 Å². The fourth-order valence-corrected chi connectivity index (χ4v) is 2.35. The molecular weight excluding hydrogens is 276 g/mol. The molecule has 2 unspecified atom stereocenters. The molecule has 1 amide bonds. The van der Waals surface area contributed by atoms with Gasteiger partial charge in [0, 0.05) is 24.4 Å². The summed E-state index contributed by atoms with van der Waals surface area (Å²) >= 11 is 0. The molecule has 0 saturated heterocycles. The average molecular weight is 299 g/mol. The van der Waals surface area contributed by atoms with Crippen LogP contribution in [0.2, 0.25) is 0 Å². The fourth-order valence-electron chi connectivity index (χ4n) is 2.35. The number of hydrogen-bond acceptors (Lipinski definition) is 3. The van der Waals surface area contributed by atoms with E-state index in [1.54, 1.807) is 0 Å². The van der Waals surface area contributed by atoms with Crippen LogP contribution in [0, 0.1) is 5.92 Å². The first-order chi connectivity index (χ1) is 8.93. The quantitative estimate of drug-likeness (QED) is 0.901. The lowest BCUT2D eigenvalue weighted by molar-refractivity contribution is -0.125. The van der Waals surface area contributed by atoms with E-state index in [0.29, 0.717) is 6.54 Å². The van der Waals surface area contributed by atoms with Gasteiger partial charge in [-0.05, 0) is 19.9 Å². The summed E-state index contributed by atoms with van der Waals surface area (Å²) in [5.74, 6) is 0.683. The van der Waals surface area contributed by atoms with Crippen LogP contribution in [0.5, 0.6) is 5.75 Å². The third kappa shape index (κ3) is 3.64. The largest absolute Gasteiger partial charge is 0.487 e. The van der Waals surface area contributed by atoms with Crippen LogP contribution in [0.4, 0.5) is 0 Å². The van der Waals surface area contributed by atoms with Crippen molar-refractivity contribution in [3.63, 3.8) is 0 Å². The standard InChI is InChI=1S/C15H22N2O2.ClH/c1-10(9-16)14(18)17-12-8-15(2,3)19-13-7-5-4-6-11(12)13;/h4-7,10,12H,8-9,16H2,1-3H3,(H,17,18);1H. The van der Waals surface area contributed by atoms with Gasteiger partial charge in [0.1, 0.15) is 11.4 Å². The minimum absolute atomic E-state index is 0. The van der Waals surface area contributed by atoms with Crippen molar-refractivity contribution in [3.05, 3.63) is 29.8 Å². The number of carbonyl (C=O) groups is 1. The zero-order chi connectivity index (χ0) is 14.0. The lowest BCUT2D eigenvalue weighted by atomic mass is 9.89. The highest BCUT2D eigenvalue weighted by Crippen LogP contribution is 2.39. The van der Waals surface area contributed by atoms with Gasteiger partial charge in [-0.3, -0.25) is 4.79 Å². The summed E-state index contributed by atoms with van der Waals surface area (Å²) in [5.41, 5.74) is 6.30. The Morgan fingerprint density at radius 1 is 1.50 bits per heavy atom. The lowest BCUT2D eigenvalue weighted by Crippen LogP contribution is -2.43. The van der Waals surface area contributed by atoms with Crippen molar-refractivity contribution in [3.8, 4) is 5.75 Å². The van der Waals surface area contributed by atoms with E-state index in [0.717, 1.165) is 17.7 Å². The van der Waals surface area contributed by atoms with Crippen molar-refractivity contribution in [1.29, 1.82) is 0 Å². The van der Waals surface area contributed by atoms with E-state index in [1.165, 1.54) is 0 Å². The number of benzene rings is 1. The van der Waals surface area contributed by atoms with E-state index < -0.39 is 0 Å². The van der Waals surface area contributed by atoms with Crippen LogP contribution in [0.25, 0.3) is 0 Å². The zero-order valence-electron chi connectivity index (χ0n) is 12.2. The summed E-state index contributed by atoms with van der Waals surface area (Å²) in [6.07, 6.45) is 0.757. The number of fused-ring (bicyclic) bond motifs is 1. The predicted molar refractivity (Wildman–Crippen MR) is 82.1 cm³/mol. The van der Waals surface area contributed by atoms with Crippen molar-refractivity contribution in [2.24, 2.45) is 11.7 Å². The first kappa shape index (κ1) is 16.8. The summed E-state index contributed by atoms with van der Waals surface area (Å²) in [6, 6.07) is 7.85. The van der Waals surface area contributed by atoms with Gasteiger partial charge in [0.2, 0.25) is 5.91 Å². The van der Waals surface area contributed by atoms with E-state index in [2.05, 4.69) is 5.32 Å². The van der Waals surface area contributed by atoms with Crippen molar-refractivity contribution >= 4 is 18.3 Å². The third-order valence-electron chi connectivity index (χ3n) is 3.49. The van der Waals surface area contributed by atoms with Crippen LogP contribution in [-0.2, 0) is 4.79 Å². The molecule has 0 bridgehead atoms. The maximum atomic E-state index is 12.0. The second kappa shape index (κ2) is 6.46. The number of nitrogens with two attached hydrogens (primary N) is 1. The first-order valence-electron chi connectivity index (χ1n) is 6.71. The van der Waals surface area contributed by atoms with Gasteiger partial charge in [0.25, 0.3) is 0 Å². The molecule has 0 fully saturated rings. The number of nitrogens with one attached hydrogen (secondary N) is 1. The molecule has 2 atom stereocenters. The fraction of sp³-hybridized carbons (Fsp3) is 0.533. The van der Waals surface area contributed by atoms with Crippen molar-refractivity contribution in [2.45, 2.75) is 38.8 Å². The maximum absolute atomic E-state index is 12.0. The molecule has 3 N–H and O–H groups in total. The Labute approximate surface area is 126 Å². The maximum Gasteiger partial charge on any atom is 0.224 e. The van der Waals surface area contributed by atoms with Crippen LogP contribution in [0.3, 0.4) is 0 Å². The second-order valence-electron chi connectivity index (χ2n) is 5.80. The molecule has 5 heteroatoms. The molecule has 0 saturated carbocycles. The highest BCUT2D eigenvalue weighted by atomic mass is 35.5. The monoisotopic (exact) mass is 298 g/mol. The Kier molecular flexibility index (Phi) is 5.42. The molecule has 1 heterocycles. The molecule has 1 aromatic rings. The highest BCUT2D eigenvalue weighted by molar-refractivity contribution is 5.85. The normalized spacial score (nSPS) is 20.9. The highest BCUT2D eigenvalue weighted by Gasteiger charge is 2.34. The molecule has 1 aliphatic heterocycles. The molecule has 1 aliphatic rings. The van der Waals surface area contributed by atoms with E-state index in [9.17, 15) is 4.79 Å². The van der Waals surface area contributed by atoms with E-state index in [1.807, 2.05) is 45.0 Å². The first-order valence-corrected chi connectivity index (χ1v) is 6.71. The van der Waals surface area contributed by atoms with Gasteiger partial charge < -0.3 is 15.8 Å². The van der Waals surface area contributed by atoms with E-state index >= 15 is 0 Å². The number of hydrogen-bond donors (Lipinski definition) is 2. The number of carbonyl (C=O) groups excluding carboxylic acids is 1. The van der Waals surface area contributed by atoms with Crippen LogP contribution in [0.1, 0.15) is 38.8 Å². The van der Waals surface area contributed by atoms with Gasteiger partial charge in [-0.25, -0.2) is 0 Å². The molecule has 0 aliphatic carbocycles. The summed E-state index contributed by atoms with van der Waals surface area (Å²) in [5, 5.41) is 3.08. The van der Waals surface area contributed by atoms with Crippen molar-refractivity contribution in [2.75, 3.05) is 6.54 Å². The smallest absolute Gasteiger partial charge is 0.224 e. The second-order valence-corrected chi connectivity index (χ2v) is 5.80. The molecule has 2 rings (SSSR count). The van der Waals surface area contributed by atoms with Crippen LogP contribution in [-0.4, -0.2) is 18.1 Å². The predicted octanol–water partition coefficient (Wildman–Crippen LogP) is 2.42. The molecular formula is C15H23ClN2O2. The molecule has 0 spiro atoms. The van der Waals surface area contributed by atoms with Gasteiger partial charge in [0.15, 0.2) is 0 Å². The van der Waals surface area contributed by atoms with Crippen LogP contribution in [0.15, 0.2) is 24.3 Å². The third-order valence-corrected chi connectivity index (χ3v) is 3.49. The molecule has 4 nitrogen and oxygen atoms in total. The van der Waals surface area contributed by atoms with Gasteiger partial charge in [0.05, 0.1) is 6.04 Å². The Balaban J connectivity index is 0.00000200. The molecule has 0 radical (unpaired) electrons. The van der Waals surface area contributed by atoms with Crippen LogP contribution < -0.4 is 15.8 Å². The topological polar surface area (TPSA) is 64.4 Å². The SMILES string of the molecule is CC(CN)C(=O)NC1CC(C)(C)Oc2ccccc21.Cl. The summed E-state index contributed by atoms with van der Waals surface area (Å²) in [4.78, 5) is 12.0. The number of rotatable bonds is 3. The zero-order valence-corrected chi connectivity index (χ0v) is 13.0. The molecule has 1 aromatic carbocycles. The Morgan fingerprint density at radius 3 is 2.80 bits per heavy atom. The molecule has 20 heavy (non-hydrogen) atoms. The minimum Gasteiger partial charge on any atom is -0.487 e. The lowest BCUT2D eigenvalue weighted by Gasteiger charge is -2.38. The molecule has 0 aromatic heterocycles. The van der Waals surface area contributed by atoms with E-state index in [-0.39, 0.29) is 35.9 Å². The molecule has 112 valence electrons. The Hall–Kier alpha value is -1.26. The summed E-state index contributed by atoms with van der Waals surface area (Å²) < 4.78 is 5.94. The number of halogens is 1. The Bertz CT molecular complexity index is 477. The van der Waals surface area contributed by atoms with Gasteiger partial charge in [-0.15, -0.1) is 12.4 Å². The van der Waals surface area contributed by atoms with Gasteiger partial charge in [-0.2, -0.15) is 0 Å². The number of ether oxygens (including phenoxy) is 1. The Morgan fingerprint density at radius 2 is 2.15 bits per heavy atom. The number of para-hydroxylation sites is 1. The van der Waals surface area contributed by atoms with Crippen molar-refractivity contribution < 1.29 is 9.53 Å². The van der Waals surface area contributed by atoms with Crippen molar-refractivity contribution in [1.82, 2.24) is 5.32 Å². The van der Waals surface area contributed by atoms with Gasteiger partial charge in [-0.1, -0.05) is 25.1 Å².